The number of ether oxygens (including phenoxy) is 1. The summed E-state index contributed by atoms with van der Waals surface area (Å²) in [6.45, 7) is 6.78. The third-order valence-corrected chi connectivity index (χ3v) is 3.41. The number of methoxy groups -OCH3 is 1. The minimum atomic E-state index is 0.731. The first-order chi connectivity index (χ1) is 10.1. The Morgan fingerprint density at radius 1 is 1.19 bits per heavy atom. The molecule has 0 radical (unpaired) electrons. The molecule has 1 aromatic heterocycles. The fraction of sp³-hybridized carbons (Fsp3) is 0.353. The van der Waals surface area contributed by atoms with E-state index in [0.717, 1.165) is 48.0 Å². The second kappa shape index (κ2) is 7.09. The van der Waals surface area contributed by atoms with Crippen LogP contribution in [-0.4, -0.2) is 23.5 Å². The number of pyridine rings is 1. The van der Waals surface area contributed by atoms with Crippen molar-refractivity contribution in [2.45, 2.75) is 26.9 Å². The average molecular weight is 285 g/mol. The van der Waals surface area contributed by atoms with Crippen LogP contribution in [0.3, 0.4) is 0 Å². The van der Waals surface area contributed by atoms with E-state index in [0.29, 0.717) is 0 Å². The Kier molecular flexibility index (Phi) is 5.17. The fourth-order valence-corrected chi connectivity index (χ4v) is 2.35. The van der Waals surface area contributed by atoms with E-state index in [4.69, 9.17) is 10.5 Å². The summed E-state index contributed by atoms with van der Waals surface area (Å²) < 4.78 is 5.27. The maximum Gasteiger partial charge on any atom is 0.121 e. The fourth-order valence-electron chi connectivity index (χ4n) is 2.35. The molecular weight excluding hydrogens is 262 g/mol. The van der Waals surface area contributed by atoms with Gasteiger partial charge in [0.05, 0.1) is 12.8 Å². The molecule has 0 unspecified atom stereocenters. The number of nitrogens with zero attached hydrogens (tertiary/aromatic N) is 2. The van der Waals surface area contributed by atoms with Gasteiger partial charge < -0.3 is 10.5 Å². The van der Waals surface area contributed by atoms with E-state index >= 15 is 0 Å². The van der Waals surface area contributed by atoms with Crippen LogP contribution >= 0.6 is 0 Å². The first-order valence-electron chi connectivity index (χ1n) is 7.19. The molecule has 0 amide bonds. The van der Waals surface area contributed by atoms with Crippen molar-refractivity contribution in [2.75, 3.05) is 19.4 Å². The summed E-state index contributed by atoms with van der Waals surface area (Å²) in [7, 11) is 1.66. The van der Waals surface area contributed by atoms with E-state index in [9.17, 15) is 0 Å². The van der Waals surface area contributed by atoms with Crippen molar-refractivity contribution >= 4 is 5.69 Å². The monoisotopic (exact) mass is 285 g/mol. The third kappa shape index (κ3) is 4.46. The molecular formula is C17H23N3O. The van der Waals surface area contributed by atoms with Crippen LogP contribution in [0.25, 0.3) is 0 Å². The number of anilines is 1. The number of nitrogen functional groups attached to an aromatic ring is 1. The van der Waals surface area contributed by atoms with Gasteiger partial charge in [0.2, 0.25) is 0 Å². The van der Waals surface area contributed by atoms with Crippen molar-refractivity contribution in [3.63, 3.8) is 0 Å². The summed E-state index contributed by atoms with van der Waals surface area (Å²) in [5.41, 5.74) is 9.94. The van der Waals surface area contributed by atoms with Gasteiger partial charge in [0, 0.05) is 30.5 Å². The zero-order valence-electron chi connectivity index (χ0n) is 13.0. The lowest BCUT2D eigenvalue weighted by atomic mass is 10.1. The Bertz CT molecular complexity index is 598. The van der Waals surface area contributed by atoms with Crippen LogP contribution in [0.1, 0.15) is 23.9 Å². The van der Waals surface area contributed by atoms with E-state index in [2.05, 4.69) is 28.9 Å². The largest absolute Gasteiger partial charge is 0.497 e. The van der Waals surface area contributed by atoms with Gasteiger partial charge in [-0.2, -0.15) is 0 Å². The van der Waals surface area contributed by atoms with Crippen molar-refractivity contribution < 1.29 is 4.74 Å². The van der Waals surface area contributed by atoms with Crippen LogP contribution in [0.15, 0.2) is 36.4 Å². The number of hydrogen-bond donors (Lipinski definition) is 1. The Labute approximate surface area is 126 Å². The number of rotatable bonds is 6. The summed E-state index contributed by atoms with van der Waals surface area (Å²) in [6.07, 6.45) is 0. The maximum absolute atomic E-state index is 5.91. The Morgan fingerprint density at radius 2 is 2.00 bits per heavy atom. The van der Waals surface area contributed by atoms with E-state index < -0.39 is 0 Å². The van der Waals surface area contributed by atoms with Gasteiger partial charge in [0.25, 0.3) is 0 Å². The lowest BCUT2D eigenvalue weighted by Gasteiger charge is -2.20. The van der Waals surface area contributed by atoms with Gasteiger partial charge >= 0.3 is 0 Å². The van der Waals surface area contributed by atoms with Crippen molar-refractivity contribution in [3.8, 4) is 5.75 Å². The number of aromatic nitrogens is 1. The molecule has 1 aromatic carbocycles. The SMILES string of the molecule is CCN(Cc1cc(N)cc(OC)c1)Cc1cccc(C)n1. The summed E-state index contributed by atoms with van der Waals surface area (Å²) in [5.74, 6) is 0.801. The number of aryl methyl sites for hydroxylation is 1. The molecule has 21 heavy (non-hydrogen) atoms. The van der Waals surface area contributed by atoms with Crippen LogP contribution in [-0.2, 0) is 13.1 Å². The van der Waals surface area contributed by atoms with Gasteiger partial charge in [-0.3, -0.25) is 9.88 Å². The summed E-state index contributed by atoms with van der Waals surface area (Å²) in [5, 5.41) is 0. The molecule has 2 rings (SSSR count). The van der Waals surface area contributed by atoms with Gasteiger partial charge in [-0.05, 0) is 43.3 Å². The predicted molar refractivity (Wildman–Crippen MR) is 86.2 cm³/mol. The standard InChI is InChI=1S/C17H23N3O/c1-4-20(12-16-7-5-6-13(2)19-16)11-14-8-15(18)10-17(9-14)21-3/h5-10H,4,11-12,18H2,1-3H3. The molecule has 4 heteroatoms. The van der Waals surface area contributed by atoms with Crippen LogP contribution < -0.4 is 10.5 Å². The molecule has 2 aromatic rings. The number of benzene rings is 1. The van der Waals surface area contributed by atoms with Gasteiger partial charge in [-0.25, -0.2) is 0 Å². The molecule has 112 valence electrons. The van der Waals surface area contributed by atoms with E-state index in [1.54, 1.807) is 7.11 Å². The molecule has 2 N–H and O–H groups in total. The molecule has 1 heterocycles. The topological polar surface area (TPSA) is 51.4 Å². The van der Waals surface area contributed by atoms with Crippen LogP contribution in [0.2, 0.25) is 0 Å². The quantitative estimate of drug-likeness (QED) is 0.829. The lowest BCUT2D eigenvalue weighted by Crippen LogP contribution is -2.23. The predicted octanol–water partition coefficient (Wildman–Crippen LogP) is 3.00. The molecule has 0 saturated carbocycles. The van der Waals surface area contributed by atoms with Crippen LogP contribution in [0.5, 0.6) is 5.75 Å². The minimum Gasteiger partial charge on any atom is -0.497 e. The molecule has 4 nitrogen and oxygen atoms in total. The second-order valence-electron chi connectivity index (χ2n) is 5.19. The summed E-state index contributed by atoms with van der Waals surface area (Å²) >= 11 is 0. The van der Waals surface area contributed by atoms with Crippen molar-refractivity contribution in [2.24, 2.45) is 0 Å². The highest BCUT2D eigenvalue weighted by Crippen LogP contribution is 2.20. The highest BCUT2D eigenvalue weighted by atomic mass is 16.5. The van der Waals surface area contributed by atoms with E-state index in [1.807, 2.05) is 31.2 Å². The Hall–Kier alpha value is -2.07. The van der Waals surface area contributed by atoms with Crippen molar-refractivity contribution in [3.05, 3.63) is 53.3 Å². The maximum atomic E-state index is 5.91. The highest BCUT2D eigenvalue weighted by Gasteiger charge is 2.08. The van der Waals surface area contributed by atoms with Crippen molar-refractivity contribution in [1.82, 2.24) is 9.88 Å². The first kappa shape index (κ1) is 15.3. The molecule has 0 atom stereocenters. The number of nitrogens with two attached hydrogens (primary N) is 1. The summed E-state index contributed by atoms with van der Waals surface area (Å²) in [4.78, 5) is 6.89. The minimum absolute atomic E-state index is 0.731. The molecule has 0 aliphatic heterocycles. The molecule has 0 bridgehead atoms. The molecule has 0 aliphatic carbocycles. The second-order valence-corrected chi connectivity index (χ2v) is 5.19. The van der Waals surface area contributed by atoms with E-state index in [1.165, 1.54) is 0 Å². The number of hydrogen-bond acceptors (Lipinski definition) is 4. The highest BCUT2D eigenvalue weighted by molar-refractivity contribution is 5.47. The zero-order chi connectivity index (χ0) is 15.2. The van der Waals surface area contributed by atoms with E-state index in [-0.39, 0.29) is 0 Å². The Morgan fingerprint density at radius 3 is 2.67 bits per heavy atom. The van der Waals surface area contributed by atoms with Crippen LogP contribution in [0, 0.1) is 6.92 Å². The smallest absolute Gasteiger partial charge is 0.121 e. The zero-order valence-corrected chi connectivity index (χ0v) is 13.0. The molecule has 0 saturated heterocycles. The Balaban J connectivity index is 2.10. The third-order valence-electron chi connectivity index (χ3n) is 3.41. The molecule has 0 aliphatic rings. The average Bonchev–Trinajstić information content (AvgIpc) is 2.46. The van der Waals surface area contributed by atoms with Gasteiger partial charge in [0.15, 0.2) is 0 Å². The first-order valence-corrected chi connectivity index (χ1v) is 7.19. The van der Waals surface area contributed by atoms with Gasteiger partial charge in [-0.1, -0.05) is 13.0 Å². The van der Waals surface area contributed by atoms with Crippen LogP contribution in [0.4, 0.5) is 5.69 Å². The van der Waals surface area contributed by atoms with Gasteiger partial charge in [-0.15, -0.1) is 0 Å². The lowest BCUT2D eigenvalue weighted by molar-refractivity contribution is 0.267. The molecule has 0 spiro atoms. The van der Waals surface area contributed by atoms with Gasteiger partial charge in [0.1, 0.15) is 5.75 Å². The normalized spacial score (nSPS) is 10.9. The van der Waals surface area contributed by atoms with Crippen molar-refractivity contribution in [1.29, 1.82) is 0 Å². The summed E-state index contributed by atoms with van der Waals surface area (Å²) in [6, 6.07) is 12.0. The molecule has 0 fully saturated rings.